The number of carbonyl (C=O) groups excluding carboxylic acids is 1. The van der Waals surface area contributed by atoms with Crippen LogP contribution in [0, 0.1) is 11.8 Å². The Labute approximate surface area is 85.0 Å². The van der Waals surface area contributed by atoms with Gasteiger partial charge in [-0.3, -0.25) is 4.79 Å². The van der Waals surface area contributed by atoms with Gasteiger partial charge < -0.3 is 4.90 Å². The smallest absolute Gasteiger partial charge is 0.226 e. The number of piperidine rings is 1. The van der Waals surface area contributed by atoms with Crippen LogP contribution in [0.2, 0.25) is 0 Å². The molecule has 0 spiro atoms. The van der Waals surface area contributed by atoms with Gasteiger partial charge in [-0.25, -0.2) is 0 Å². The summed E-state index contributed by atoms with van der Waals surface area (Å²) in [4.78, 5) is 14.3. The average Bonchev–Trinajstić information content (AvgIpc) is 2.80. The molecule has 1 aliphatic carbocycles. The van der Waals surface area contributed by atoms with Gasteiger partial charge in [0.25, 0.3) is 0 Å². The number of rotatable bonds is 1. The quantitative estimate of drug-likeness (QED) is 0.580. The van der Waals surface area contributed by atoms with Gasteiger partial charge in [-0.15, -0.1) is 6.58 Å². The zero-order valence-electron chi connectivity index (χ0n) is 8.48. The molecule has 2 heterocycles. The van der Waals surface area contributed by atoms with Crippen molar-refractivity contribution in [3.63, 3.8) is 0 Å². The Hall–Kier alpha value is -0.790. The molecule has 3 rings (SSSR count). The lowest BCUT2D eigenvalue weighted by Crippen LogP contribution is -2.48. The molecular weight excluding hydrogens is 174 g/mol. The monoisotopic (exact) mass is 191 g/mol. The van der Waals surface area contributed by atoms with E-state index in [4.69, 9.17) is 0 Å². The first-order valence-electron chi connectivity index (χ1n) is 5.76. The Morgan fingerprint density at radius 2 is 2.14 bits per heavy atom. The first kappa shape index (κ1) is 8.51. The van der Waals surface area contributed by atoms with Crippen molar-refractivity contribution in [2.75, 3.05) is 0 Å². The van der Waals surface area contributed by atoms with Crippen LogP contribution in [0.25, 0.3) is 0 Å². The van der Waals surface area contributed by atoms with Crippen LogP contribution < -0.4 is 0 Å². The van der Waals surface area contributed by atoms with E-state index in [0.29, 0.717) is 23.9 Å². The number of fused-ring (bicyclic) bond motifs is 4. The first-order valence-corrected chi connectivity index (χ1v) is 5.76. The summed E-state index contributed by atoms with van der Waals surface area (Å²) in [6.45, 7) is 3.84. The molecule has 2 bridgehead atoms. The number of amides is 1. The van der Waals surface area contributed by atoms with Gasteiger partial charge in [0.05, 0.1) is 6.04 Å². The Morgan fingerprint density at radius 1 is 1.29 bits per heavy atom. The van der Waals surface area contributed by atoms with Crippen molar-refractivity contribution < 1.29 is 4.79 Å². The van der Waals surface area contributed by atoms with Gasteiger partial charge in [0, 0.05) is 12.0 Å². The van der Waals surface area contributed by atoms with E-state index in [-0.39, 0.29) is 0 Å². The SMILES string of the molecule is C=C[C@@H]1CC[C@@H]2[C@@H]3CC[C@@H](C3)C(=O)N12. The Morgan fingerprint density at radius 3 is 2.93 bits per heavy atom. The predicted molar refractivity (Wildman–Crippen MR) is 54.7 cm³/mol. The van der Waals surface area contributed by atoms with E-state index in [2.05, 4.69) is 11.5 Å². The fourth-order valence-corrected chi connectivity index (χ4v) is 3.69. The molecule has 2 nitrogen and oxygen atoms in total. The first-order chi connectivity index (χ1) is 6.81. The maximum absolute atomic E-state index is 12.1. The average molecular weight is 191 g/mol. The summed E-state index contributed by atoms with van der Waals surface area (Å²) in [6.07, 6.45) is 7.90. The van der Waals surface area contributed by atoms with Crippen molar-refractivity contribution in [1.82, 2.24) is 4.90 Å². The van der Waals surface area contributed by atoms with E-state index in [0.717, 1.165) is 18.8 Å². The molecule has 0 aromatic carbocycles. The molecule has 0 unspecified atom stereocenters. The lowest BCUT2D eigenvalue weighted by atomic mass is 9.90. The predicted octanol–water partition coefficient (Wildman–Crippen LogP) is 1.96. The van der Waals surface area contributed by atoms with Gasteiger partial charge in [0.15, 0.2) is 0 Å². The molecule has 1 amide bonds. The van der Waals surface area contributed by atoms with Crippen LogP contribution in [0.3, 0.4) is 0 Å². The van der Waals surface area contributed by atoms with Gasteiger partial charge >= 0.3 is 0 Å². The zero-order chi connectivity index (χ0) is 9.71. The van der Waals surface area contributed by atoms with Gasteiger partial charge in [0.1, 0.15) is 0 Å². The molecular formula is C12H17NO. The minimum atomic E-state index is 0.343. The Bertz CT molecular complexity index is 286. The summed E-state index contributed by atoms with van der Waals surface area (Å²) in [5.41, 5.74) is 0. The second-order valence-electron chi connectivity index (χ2n) is 4.96. The van der Waals surface area contributed by atoms with Gasteiger partial charge in [0.2, 0.25) is 5.91 Å². The van der Waals surface area contributed by atoms with E-state index in [1.807, 2.05) is 6.08 Å². The van der Waals surface area contributed by atoms with Crippen molar-refractivity contribution in [2.24, 2.45) is 11.8 Å². The summed E-state index contributed by atoms with van der Waals surface area (Å²) in [5.74, 6) is 1.59. The van der Waals surface area contributed by atoms with Crippen LogP contribution >= 0.6 is 0 Å². The molecule has 2 saturated heterocycles. The van der Waals surface area contributed by atoms with E-state index < -0.39 is 0 Å². The molecule has 2 heteroatoms. The highest BCUT2D eigenvalue weighted by molar-refractivity contribution is 5.81. The van der Waals surface area contributed by atoms with Crippen molar-refractivity contribution in [3.8, 4) is 0 Å². The maximum atomic E-state index is 12.1. The summed E-state index contributed by atoms with van der Waals surface area (Å²) in [5, 5.41) is 0. The number of carbonyl (C=O) groups is 1. The van der Waals surface area contributed by atoms with E-state index in [9.17, 15) is 4.79 Å². The minimum Gasteiger partial charge on any atom is -0.333 e. The Balaban J connectivity index is 1.94. The van der Waals surface area contributed by atoms with Crippen LogP contribution in [-0.4, -0.2) is 22.9 Å². The highest BCUT2D eigenvalue weighted by Gasteiger charge is 2.49. The van der Waals surface area contributed by atoms with Crippen LogP contribution in [0.15, 0.2) is 12.7 Å². The molecule has 3 aliphatic rings. The second-order valence-corrected chi connectivity index (χ2v) is 4.96. The zero-order valence-corrected chi connectivity index (χ0v) is 8.48. The van der Waals surface area contributed by atoms with E-state index in [1.54, 1.807) is 0 Å². The summed E-state index contributed by atoms with van der Waals surface area (Å²) >= 11 is 0. The molecule has 1 saturated carbocycles. The lowest BCUT2D eigenvalue weighted by molar-refractivity contribution is -0.141. The van der Waals surface area contributed by atoms with E-state index in [1.165, 1.54) is 19.3 Å². The topological polar surface area (TPSA) is 20.3 Å². The lowest BCUT2D eigenvalue weighted by Gasteiger charge is -2.37. The van der Waals surface area contributed by atoms with Crippen molar-refractivity contribution in [2.45, 2.75) is 44.2 Å². The number of hydrogen-bond acceptors (Lipinski definition) is 1. The van der Waals surface area contributed by atoms with Crippen LogP contribution in [0.5, 0.6) is 0 Å². The molecule has 14 heavy (non-hydrogen) atoms. The molecule has 0 N–H and O–H groups in total. The fourth-order valence-electron chi connectivity index (χ4n) is 3.69. The third kappa shape index (κ3) is 0.943. The van der Waals surface area contributed by atoms with Gasteiger partial charge in [-0.1, -0.05) is 6.08 Å². The number of nitrogens with zero attached hydrogens (tertiary/aromatic N) is 1. The summed E-state index contributed by atoms with van der Waals surface area (Å²) < 4.78 is 0. The molecule has 2 aliphatic heterocycles. The van der Waals surface area contributed by atoms with E-state index >= 15 is 0 Å². The number of hydrogen-bond donors (Lipinski definition) is 0. The normalized spacial score (nSPS) is 45.4. The van der Waals surface area contributed by atoms with Crippen LogP contribution in [0.4, 0.5) is 0 Å². The second kappa shape index (κ2) is 2.85. The summed E-state index contributed by atoms with van der Waals surface area (Å²) in [6, 6.07) is 0.903. The van der Waals surface area contributed by atoms with Crippen LogP contribution in [-0.2, 0) is 4.79 Å². The standard InChI is InChI=1S/C12H17NO/c1-2-10-5-6-11-8-3-4-9(7-8)12(14)13(10)11/h2,8-11H,1,3-7H2/t8-,9+,10-,11-/m1/s1. The summed E-state index contributed by atoms with van der Waals surface area (Å²) in [7, 11) is 0. The molecule has 0 radical (unpaired) electrons. The van der Waals surface area contributed by atoms with Crippen molar-refractivity contribution in [1.29, 1.82) is 0 Å². The molecule has 0 aromatic rings. The molecule has 3 fully saturated rings. The third-order valence-electron chi connectivity index (χ3n) is 4.37. The largest absolute Gasteiger partial charge is 0.333 e. The maximum Gasteiger partial charge on any atom is 0.226 e. The van der Waals surface area contributed by atoms with Gasteiger partial charge in [-0.2, -0.15) is 0 Å². The van der Waals surface area contributed by atoms with Crippen molar-refractivity contribution in [3.05, 3.63) is 12.7 Å². The molecule has 0 aromatic heterocycles. The highest BCUT2D eigenvalue weighted by atomic mass is 16.2. The Kier molecular flexibility index (Phi) is 1.73. The van der Waals surface area contributed by atoms with Crippen molar-refractivity contribution >= 4 is 5.91 Å². The molecule has 4 atom stereocenters. The van der Waals surface area contributed by atoms with Crippen LogP contribution in [0.1, 0.15) is 32.1 Å². The van der Waals surface area contributed by atoms with Gasteiger partial charge in [-0.05, 0) is 38.0 Å². The highest BCUT2D eigenvalue weighted by Crippen LogP contribution is 2.46. The minimum absolute atomic E-state index is 0.343. The third-order valence-corrected chi connectivity index (χ3v) is 4.37. The molecule has 76 valence electrons. The fraction of sp³-hybridized carbons (Fsp3) is 0.750.